The fourth-order valence-corrected chi connectivity index (χ4v) is 4.98. The molecule has 1 fully saturated rings. The summed E-state index contributed by atoms with van der Waals surface area (Å²) >= 11 is 0. The molecule has 0 atom stereocenters. The number of nitrogens with one attached hydrogen (secondary N) is 1. The monoisotopic (exact) mass is 457 g/mol. The van der Waals surface area contributed by atoms with Gasteiger partial charge in [0.15, 0.2) is 0 Å². The van der Waals surface area contributed by atoms with Gasteiger partial charge in [0.25, 0.3) is 5.91 Å². The van der Waals surface area contributed by atoms with E-state index in [0.29, 0.717) is 18.7 Å². The summed E-state index contributed by atoms with van der Waals surface area (Å²) in [4.78, 5) is 37.4. The van der Waals surface area contributed by atoms with Crippen molar-refractivity contribution in [2.75, 3.05) is 13.1 Å². The van der Waals surface area contributed by atoms with Crippen LogP contribution in [0.4, 0.5) is 0 Å². The molecule has 1 aliphatic rings. The number of rotatable bonds is 9. The van der Waals surface area contributed by atoms with Crippen LogP contribution in [0.2, 0.25) is 0 Å². The van der Waals surface area contributed by atoms with Gasteiger partial charge in [-0.15, -0.1) is 0 Å². The number of hydrogen-bond acceptors (Lipinski definition) is 5. The summed E-state index contributed by atoms with van der Waals surface area (Å²) in [6.07, 6.45) is 0.503. The van der Waals surface area contributed by atoms with Crippen molar-refractivity contribution in [1.29, 1.82) is 0 Å². The summed E-state index contributed by atoms with van der Waals surface area (Å²) in [6, 6.07) is 13.2. The maximum Gasteiger partial charge on any atom is 0.251 e. The molecule has 1 saturated heterocycles. The highest BCUT2D eigenvalue weighted by Crippen LogP contribution is 2.17. The zero-order valence-electron chi connectivity index (χ0n) is 18.2. The molecule has 1 heterocycles. The number of carbonyl (C=O) groups excluding carboxylic acids is 3. The van der Waals surface area contributed by atoms with E-state index in [4.69, 9.17) is 0 Å². The minimum Gasteiger partial charge on any atom is -0.348 e. The average Bonchev–Trinajstić information content (AvgIpc) is 3.11. The zero-order chi connectivity index (χ0) is 23.3. The number of likely N-dealkylation sites (tertiary alicyclic amines) is 1. The summed E-state index contributed by atoms with van der Waals surface area (Å²) in [5, 5.41) is 2.81. The quantitative estimate of drug-likeness (QED) is 0.582. The van der Waals surface area contributed by atoms with Gasteiger partial charge in [0, 0.05) is 38.0 Å². The van der Waals surface area contributed by atoms with E-state index in [1.54, 1.807) is 62.4 Å². The lowest BCUT2D eigenvalue weighted by Gasteiger charge is -2.18. The number of nitrogens with zero attached hydrogens (tertiary/aromatic N) is 2. The molecule has 0 spiro atoms. The minimum atomic E-state index is -3.51. The molecule has 0 unspecified atom stereocenters. The van der Waals surface area contributed by atoms with E-state index < -0.39 is 10.0 Å². The largest absolute Gasteiger partial charge is 0.348 e. The van der Waals surface area contributed by atoms with Crippen molar-refractivity contribution in [3.8, 4) is 0 Å². The van der Waals surface area contributed by atoms with Crippen molar-refractivity contribution in [3.05, 3.63) is 65.2 Å². The molecule has 2 aromatic carbocycles. The first-order valence-corrected chi connectivity index (χ1v) is 12.0. The molecule has 8 nitrogen and oxygen atoms in total. The summed E-state index contributed by atoms with van der Waals surface area (Å²) in [5.41, 5.74) is 2.00. The van der Waals surface area contributed by atoms with Crippen LogP contribution in [0.25, 0.3) is 0 Å². The van der Waals surface area contributed by atoms with Crippen molar-refractivity contribution in [2.24, 2.45) is 0 Å². The number of benzene rings is 2. The number of imide groups is 1. The highest BCUT2D eigenvalue weighted by molar-refractivity contribution is 7.89. The average molecular weight is 458 g/mol. The highest BCUT2D eigenvalue weighted by Gasteiger charge is 2.28. The third-order valence-electron chi connectivity index (χ3n) is 5.43. The summed E-state index contributed by atoms with van der Waals surface area (Å²) < 4.78 is 26.5. The molecule has 0 aromatic heterocycles. The van der Waals surface area contributed by atoms with E-state index in [2.05, 4.69) is 5.32 Å². The van der Waals surface area contributed by atoms with Crippen LogP contribution in [0.15, 0.2) is 53.4 Å². The second kappa shape index (κ2) is 10.1. The Labute approximate surface area is 188 Å². The zero-order valence-corrected chi connectivity index (χ0v) is 19.0. The fraction of sp³-hybridized carbons (Fsp3) is 0.348. The van der Waals surface area contributed by atoms with Crippen LogP contribution in [0.3, 0.4) is 0 Å². The molecule has 0 saturated carbocycles. The first-order chi connectivity index (χ1) is 15.3. The molecule has 3 rings (SSSR count). The fourth-order valence-electron chi connectivity index (χ4n) is 3.52. The van der Waals surface area contributed by atoms with Gasteiger partial charge in [-0.3, -0.25) is 19.3 Å². The second-order valence-electron chi connectivity index (χ2n) is 7.49. The summed E-state index contributed by atoms with van der Waals surface area (Å²) in [7, 11) is -3.51. The number of amides is 3. The van der Waals surface area contributed by atoms with Gasteiger partial charge in [-0.25, -0.2) is 8.42 Å². The van der Waals surface area contributed by atoms with Gasteiger partial charge >= 0.3 is 0 Å². The first-order valence-electron chi connectivity index (χ1n) is 10.6. The Morgan fingerprint density at radius 3 is 1.97 bits per heavy atom. The Morgan fingerprint density at radius 2 is 1.44 bits per heavy atom. The van der Waals surface area contributed by atoms with E-state index in [1.165, 1.54) is 9.21 Å². The standard InChI is InChI=1S/C23H27N3O5S/c1-3-25(4-2)32(30,31)20-11-7-17(8-12-20)15-24-23(29)19-9-5-18(6-10-19)16-26-21(27)13-14-22(26)28/h5-12H,3-4,13-16H2,1-2H3,(H,24,29). The summed E-state index contributed by atoms with van der Waals surface area (Å²) in [5.74, 6) is -0.620. The van der Waals surface area contributed by atoms with E-state index in [9.17, 15) is 22.8 Å². The van der Waals surface area contributed by atoms with E-state index in [0.717, 1.165) is 11.1 Å². The molecule has 0 aliphatic carbocycles. The van der Waals surface area contributed by atoms with E-state index in [1.807, 2.05) is 0 Å². The van der Waals surface area contributed by atoms with Gasteiger partial charge in [-0.1, -0.05) is 38.1 Å². The van der Waals surface area contributed by atoms with Gasteiger partial charge in [-0.05, 0) is 35.4 Å². The van der Waals surface area contributed by atoms with Gasteiger partial charge < -0.3 is 5.32 Å². The van der Waals surface area contributed by atoms with Crippen molar-refractivity contribution in [2.45, 2.75) is 44.7 Å². The molecule has 170 valence electrons. The van der Waals surface area contributed by atoms with Gasteiger partial charge in [-0.2, -0.15) is 4.31 Å². The summed E-state index contributed by atoms with van der Waals surface area (Å²) in [6.45, 7) is 4.86. The molecule has 3 amide bonds. The lowest BCUT2D eigenvalue weighted by Crippen LogP contribution is -2.30. The topological polar surface area (TPSA) is 104 Å². The van der Waals surface area contributed by atoms with E-state index >= 15 is 0 Å². The van der Waals surface area contributed by atoms with Crippen LogP contribution >= 0.6 is 0 Å². The van der Waals surface area contributed by atoms with Crippen LogP contribution < -0.4 is 5.32 Å². The molecule has 0 bridgehead atoms. The van der Waals surface area contributed by atoms with Gasteiger partial charge in [0.2, 0.25) is 21.8 Å². The molecule has 9 heteroatoms. The van der Waals surface area contributed by atoms with Crippen molar-refractivity contribution in [1.82, 2.24) is 14.5 Å². The Hall–Kier alpha value is -3.04. The predicted octanol–water partition coefficient (Wildman–Crippen LogP) is 2.30. The molecule has 0 radical (unpaired) electrons. The predicted molar refractivity (Wildman–Crippen MR) is 119 cm³/mol. The first kappa shape index (κ1) is 23.6. The SMILES string of the molecule is CCN(CC)S(=O)(=O)c1ccc(CNC(=O)c2ccc(CN3C(=O)CCC3=O)cc2)cc1. The molecule has 1 aliphatic heterocycles. The van der Waals surface area contributed by atoms with Crippen LogP contribution in [-0.2, 0) is 32.7 Å². The van der Waals surface area contributed by atoms with Crippen LogP contribution in [0.5, 0.6) is 0 Å². The number of sulfonamides is 1. The second-order valence-corrected chi connectivity index (χ2v) is 9.42. The smallest absolute Gasteiger partial charge is 0.251 e. The Balaban J connectivity index is 1.57. The van der Waals surface area contributed by atoms with Crippen LogP contribution in [0.1, 0.15) is 48.2 Å². The molecule has 32 heavy (non-hydrogen) atoms. The minimum absolute atomic E-state index is 0.173. The lowest BCUT2D eigenvalue weighted by molar-refractivity contribution is -0.139. The van der Waals surface area contributed by atoms with Crippen molar-refractivity contribution >= 4 is 27.7 Å². The van der Waals surface area contributed by atoms with Gasteiger partial charge in [0.1, 0.15) is 0 Å². The maximum absolute atomic E-state index is 12.5. The third-order valence-corrected chi connectivity index (χ3v) is 7.50. The molecule has 1 N–H and O–H groups in total. The van der Waals surface area contributed by atoms with Crippen LogP contribution in [0, 0.1) is 0 Å². The van der Waals surface area contributed by atoms with Crippen LogP contribution in [-0.4, -0.2) is 48.4 Å². The molecular weight excluding hydrogens is 430 g/mol. The normalized spacial score (nSPS) is 14.3. The van der Waals surface area contributed by atoms with Crippen molar-refractivity contribution < 1.29 is 22.8 Å². The Morgan fingerprint density at radius 1 is 0.906 bits per heavy atom. The third kappa shape index (κ3) is 5.23. The van der Waals surface area contributed by atoms with Crippen molar-refractivity contribution in [3.63, 3.8) is 0 Å². The maximum atomic E-state index is 12.5. The lowest BCUT2D eigenvalue weighted by atomic mass is 10.1. The highest BCUT2D eigenvalue weighted by atomic mass is 32.2. The molecule has 2 aromatic rings. The number of hydrogen-bond donors (Lipinski definition) is 1. The Kier molecular flexibility index (Phi) is 7.42. The van der Waals surface area contributed by atoms with E-state index in [-0.39, 0.29) is 48.5 Å². The Bertz CT molecular complexity index is 1080. The van der Waals surface area contributed by atoms with Gasteiger partial charge in [0.05, 0.1) is 11.4 Å². The number of carbonyl (C=O) groups is 3. The molecular formula is C23H27N3O5S.